The number of hydrogen-bond donors (Lipinski definition) is 0. The van der Waals surface area contributed by atoms with Crippen LogP contribution in [0, 0.1) is 0 Å². The summed E-state index contributed by atoms with van der Waals surface area (Å²) in [5.74, 6) is 0. The Labute approximate surface area is 108 Å². The molecule has 2 aromatic rings. The first-order chi connectivity index (χ1) is 8.25. The van der Waals surface area contributed by atoms with Crippen molar-refractivity contribution in [3.8, 4) is 0 Å². The Hall–Kier alpha value is -1.16. The molecular weight excluding hydrogens is 280 g/mol. The molecule has 17 heavy (non-hydrogen) atoms. The first kappa shape index (κ1) is 11.0. The van der Waals surface area contributed by atoms with Gasteiger partial charge < -0.3 is 0 Å². The number of halogens is 1. The third-order valence-electron chi connectivity index (χ3n) is 3.45. The van der Waals surface area contributed by atoms with Gasteiger partial charge in [0.2, 0.25) is 0 Å². The molecule has 0 N–H and O–H groups in total. The molecule has 0 bridgehead atoms. The molecule has 88 valence electrons. The number of hydrogen-bond acceptors (Lipinski definition) is 2. The zero-order valence-electron chi connectivity index (χ0n) is 9.40. The molecule has 0 aliphatic heterocycles. The van der Waals surface area contributed by atoms with E-state index in [0.717, 1.165) is 28.1 Å². The molecule has 1 heterocycles. The van der Waals surface area contributed by atoms with Gasteiger partial charge in [-0.3, -0.25) is 4.79 Å². The molecule has 1 aromatic carbocycles. The van der Waals surface area contributed by atoms with Crippen molar-refractivity contribution in [3.05, 3.63) is 39.2 Å². The third-order valence-corrected chi connectivity index (χ3v) is 3.94. The maximum atomic E-state index is 12.3. The lowest BCUT2D eigenvalue weighted by Gasteiger charge is -2.12. The second-order valence-corrected chi connectivity index (χ2v) is 5.48. The van der Waals surface area contributed by atoms with E-state index in [1.807, 2.05) is 18.2 Å². The van der Waals surface area contributed by atoms with Gasteiger partial charge in [-0.2, -0.15) is 5.10 Å². The lowest BCUT2D eigenvalue weighted by atomic mass is 10.2. The molecule has 0 atom stereocenters. The van der Waals surface area contributed by atoms with Crippen LogP contribution in [-0.2, 0) is 0 Å². The molecule has 0 saturated heterocycles. The van der Waals surface area contributed by atoms with Gasteiger partial charge >= 0.3 is 0 Å². The van der Waals surface area contributed by atoms with Crippen LogP contribution in [0.3, 0.4) is 0 Å². The Morgan fingerprint density at radius 1 is 1.29 bits per heavy atom. The van der Waals surface area contributed by atoms with E-state index >= 15 is 0 Å². The topological polar surface area (TPSA) is 34.9 Å². The molecule has 0 amide bonds. The van der Waals surface area contributed by atoms with Crippen LogP contribution < -0.4 is 5.56 Å². The third kappa shape index (κ3) is 1.90. The van der Waals surface area contributed by atoms with Gasteiger partial charge in [-0.05, 0) is 25.0 Å². The molecule has 0 unspecified atom stereocenters. The SMILES string of the molecule is O=c1c2cc(Br)ccc2cnn1C1CCCC1. The van der Waals surface area contributed by atoms with Crippen LogP contribution in [0.1, 0.15) is 31.7 Å². The molecule has 1 fully saturated rings. The van der Waals surface area contributed by atoms with Crippen molar-refractivity contribution in [2.45, 2.75) is 31.7 Å². The van der Waals surface area contributed by atoms with E-state index < -0.39 is 0 Å². The molecule has 0 radical (unpaired) electrons. The summed E-state index contributed by atoms with van der Waals surface area (Å²) in [7, 11) is 0. The van der Waals surface area contributed by atoms with Crippen LogP contribution in [0.15, 0.2) is 33.7 Å². The Bertz CT molecular complexity index is 614. The predicted octanol–water partition coefficient (Wildman–Crippen LogP) is 3.27. The van der Waals surface area contributed by atoms with E-state index in [2.05, 4.69) is 21.0 Å². The normalized spacial score (nSPS) is 16.8. The monoisotopic (exact) mass is 292 g/mol. The molecule has 3 rings (SSSR count). The fraction of sp³-hybridized carbons (Fsp3) is 0.385. The highest BCUT2D eigenvalue weighted by molar-refractivity contribution is 9.10. The first-order valence-electron chi connectivity index (χ1n) is 5.93. The molecule has 3 nitrogen and oxygen atoms in total. The van der Waals surface area contributed by atoms with E-state index in [1.165, 1.54) is 12.8 Å². The first-order valence-corrected chi connectivity index (χ1v) is 6.72. The fourth-order valence-electron chi connectivity index (χ4n) is 2.54. The minimum Gasteiger partial charge on any atom is -0.267 e. The molecular formula is C13H13BrN2O. The Morgan fingerprint density at radius 3 is 2.82 bits per heavy atom. The standard InChI is InChI=1S/C13H13BrN2O/c14-10-6-5-9-8-15-16(11-3-1-2-4-11)13(17)12(9)7-10/h5-8,11H,1-4H2. The quantitative estimate of drug-likeness (QED) is 0.808. The van der Waals surface area contributed by atoms with Crippen LogP contribution in [-0.4, -0.2) is 9.78 Å². The minimum absolute atomic E-state index is 0.0377. The molecule has 1 aliphatic rings. The summed E-state index contributed by atoms with van der Waals surface area (Å²) >= 11 is 3.41. The Balaban J connectivity index is 2.21. The number of rotatable bonds is 1. The van der Waals surface area contributed by atoms with Gasteiger partial charge in [0.1, 0.15) is 0 Å². The zero-order valence-corrected chi connectivity index (χ0v) is 11.0. The van der Waals surface area contributed by atoms with Gasteiger partial charge in [0, 0.05) is 9.86 Å². The maximum Gasteiger partial charge on any atom is 0.274 e. The van der Waals surface area contributed by atoms with Crippen molar-refractivity contribution in [1.29, 1.82) is 0 Å². The highest BCUT2D eigenvalue weighted by atomic mass is 79.9. The van der Waals surface area contributed by atoms with Crippen molar-refractivity contribution >= 4 is 26.7 Å². The number of aromatic nitrogens is 2. The maximum absolute atomic E-state index is 12.3. The molecule has 1 saturated carbocycles. The van der Waals surface area contributed by atoms with Crippen LogP contribution in [0.2, 0.25) is 0 Å². The number of fused-ring (bicyclic) bond motifs is 1. The van der Waals surface area contributed by atoms with Gasteiger partial charge in [-0.1, -0.05) is 34.8 Å². The molecule has 4 heteroatoms. The van der Waals surface area contributed by atoms with E-state index in [9.17, 15) is 4.79 Å². The van der Waals surface area contributed by atoms with Crippen LogP contribution >= 0.6 is 15.9 Å². The summed E-state index contributed by atoms with van der Waals surface area (Å²) in [6.45, 7) is 0. The van der Waals surface area contributed by atoms with Crippen molar-refractivity contribution in [2.75, 3.05) is 0 Å². The van der Waals surface area contributed by atoms with E-state index in [4.69, 9.17) is 0 Å². The summed E-state index contributed by atoms with van der Waals surface area (Å²) in [6, 6.07) is 6.03. The zero-order chi connectivity index (χ0) is 11.8. The average molecular weight is 293 g/mol. The lowest BCUT2D eigenvalue weighted by molar-refractivity contribution is 0.447. The highest BCUT2D eigenvalue weighted by Gasteiger charge is 2.19. The van der Waals surface area contributed by atoms with Gasteiger partial charge in [0.15, 0.2) is 0 Å². The van der Waals surface area contributed by atoms with Crippen LogP contribution in [0.5, 0.6) is 0 Å². The minimum atomic E-state index is 0.0377. The molecule has 1 aromatic heterocycles. The largest absolute Gasteiger partial charge is 0.274 e. The fourth-order valence-corrected chi connectivity index (χ4v) is 2.90. The van der Waals surface area contributed by atoms with E-state index in [1.54, 1.807) is 10.9 Å². The van der Waals surface area contributed by atoms with Gasteiger partial charge in [-0.25, -0.2) is 4.68 Å². The summed E-state index contributed by atoms with van der Waals surface area (Å²) < 4.78 is 2.60. The van der Waals surface area contributed by atoms with E-state index in [-0.39, 0.29) is 5.56 Å². The summed E-state index contributed by atoms with van der Waals surface area (Å²) in [5.41, 5.74) is 0.0377. The molecule has 0 spiro atoms. The Kier molecular flexibility index (Phi) is 2.74. The number of benzene rings is 1. The summed E-state index contributed by atoms with van der Waals surface area (Å²) in [6.07, 6.45) is 6.35. The second kappa shape index (κ2) is 4.26. The average Bonchev–Trinajstić information content (AvgIpc) is 2.84. The van der Waals surface area contributed by atoms with Gasteiger partial charge in [0.05, 0.1) is 17.6 Å². The van der Waals surface area contributed by atoms with Crippen molar-refractivity contribution in [3.63, 3.8) is 0 Å². The molecule has 1 aliphatic carbocycles. The summed E-state index contributed by atoms with van der Waals surface area (Å²) in [5, 5.41) is 5.97. The van der Waals surface area contributed by atoms with Crippen LogP contribution in [0.25, 0.3) is 10.8 Å². The van der Waals surface area contributed by atoms with Crippen molar-refractivity contribution in [1.82, 2.24) is 9.78 Å². The Morgan fingerprint density at radius 2 is 2.06 bits per heavy atom. The van der Waals surface area contributed by atoms with Crippen molar-refractivity contribution < 1.29 is 0 Å². The second-order valence-electron chi connectivity index (χ2n) is 4.56. The van der Waals surface area contributed by atoms with Crippen molar-refractivity contribution in [2.24, 2.45) is 0 Å². The van der Waals surface area contributed by atoms with Gasteiger partial charge in [0.25, 0.3) is 5.56 Å². The summed E-state index contributed by atoms with van der Waals surface area (Å²) in [4.78, 5) is 12.3. The smallest absolute Gasteiger partial charge is 0.267 e. The predicted molar refractivity (Wildman–Crippen MR) is 71.2 cm³/mol. The number of nitrogens with zero attached hydrogens (tertiary/aromatic N) is 2. The van der Waals surface area contributed by atoms with Crippen LogP contribution in [0.4, 0.5) is 0 Å². The van der Waals surface area contributed by atoms with E-state index in [0.29, 0.717) is 6.04 Å². The lowest BCUT2D eigenvalue weighted by Crippen LogP contribution is -2.25. The highest BCUT2D eigenvalue weighted by Crippen LogP contribution is 2.28. The van der Waals surface area contributed by atoms with Gasteiger partial charge in [-0.15, -0.1) is 0 Å².